The molecule has 0 aromatic carbocycles. The normalized spacial score (nSPS) is 20.9. The van der Waals surface area contributed by atoms with E-state index in [0.29, 0.717) is 13.0 Å². The first kappa shape index (κ1) is 11.5. The second-order valence-electron chi connectivity index (χ2n) is 3.43. The molecule has 0 spiro atoms. The van der Waals surface area contributed by atoms with E-state index in [1.165, 1.54) is 7.05 Å². The van der Waals surface area contributed by atoms with Crippen LogP contribution in [-0.4, -0.2) is 47.4 Å². The van der Waals surface area contributed by atoms with Gasteiger partial charge in [0.1, 0.15) is 6.04 Å². The van der Waals surface area contributed by atoms with Crippen LogP contribution in [0.5, 0.6) is 0 Å². The Morgan fingerprint density at radius 2 is 2.00 bits per heavy atom. The Morgan fingerprint density at radius 1 is 1.33 bits per heavy atom. The van der Waals surface area contributed by atoms with Crippen molar-refractivity contribution < 1.29 is 19.5 Å². The molecular weight excluding hydrogens is 200 g/mol. The third kappa shape index (κ3) is 2.45. The summed E-state index contributed by atoms with van der Waals surface area (Å²) in [6.45, 7) is 0.337. The number of amides is 2. The second-order valence-corrected chi connectivity index (χ2v) is 3.43. The van der Waals surface area contributed by atoms with E-state index in [1.54, 1.807) is 0 Å². The molecule has 1 heterocycles. The van der Waals surface area contributed by atoms with Gasteiger partial charge in [-0.2, -0.15) is 0 Å². The van der Waals surface area contributed by atoms with E-state index in [4.69, 9.17) is 5.11 Å². The van der Waals surface area contributed by atoms with Crippen molar-refractivity contribution in [2.45, 2.75) is 25.3 Å². The third-order valence-electron chi connectivity index (χ3n) is 2.50. The molecule has 0 aromatic rings. The predicted molar refractivity (Wildman–Crippen MR) is 51.1 cm³/mol. The van der Waals surface area contributed by atoms with E-state index in [0.717, 1.165) is 17.7 Å². The van der Waals surface area contributed by atoms with Crippen LogP contribution < -0.4 is 5.32 Å². The lowest BCUT2D eigenvalue weighted by atomic mass is 10.0. The Balaban J connectivity index is 2.78. The van der Waals surface area contributed by atoms with Gasteiger partial charge in [0.15, 0.2) is 0 Å². The zero-order chi connectivity index (χ0) is 11.4. The highest BCUT2D eigenvalue weighted by Crippen LogP contribution is 2.17. The summed E-state index contributed by atoms with van der Waals surface area (Å²) < 4.78 is 0. The van der Waals surface area contributed by atoms with Gasteiger partial charge in [-0.1, -0.05) is 0 Å². The predicted octanol–water partition coefficient (Wildman–Crippen LogP) is -0.802. The molecule has 1 unspecified atom stereocenters. The fourth-order valence-electron chi connectivity index (χ4n) is 1.74. The molecule has 0 aromatic heterocycles. The number of likely N-dealkylation sites (tertiary alicyclic amines) is 1. The first-order chi connectivity index (χ1) is 7.07. The summed E-state index contributed by atoms with van der Waals surface area (Å²) in [5, 5.41) is 11.0. The van der Waals surface area contributed by atoms with Gasteiger partial charge in [0.05, 0.1) is 0 Å². The first-order valence-electron chi connectivity index (χ1n) is 4.83. The van der Waals surface area contributed by atoms with Crippen molar-refractivity contribution >= 4 is 17.8 Å². The number of rotatable bonds is 1. The number of piperidine rings is 1. The fourth-order valence-corrected chi connectivity index (χ4v) is 1.74. The van der Waals surface area contributed by atoms with Crippen LogP contribution in [0, 0.1) is 0 Å². The molecule has 2 N–H and O–H groups in total. The molecule has 1 fully saturated rings. The van der Waals surface area contributed by atoms with Crippen molar-refractivity contribution in [2.75, 3.05) is 13.6 Å². The van der Waals surface area contributed by atoms with E-state index in [9.17, 15) is 14.4 Å². The molecule has 6 nitrogen and oxygen atoms in total. The Hall–Kier alpha value is -1.59. The molecule has 0 saturated carbocycles. The van der Waals surface area contributed by atoms with Crippen molar-refractivity contribution in [1.82, 2.24) is 10.2 Å². The third-order valence-corrected chi connectivity index (χ3v) is 2.50. The molecule has 15 heavy (non-hydrogen) atoms. The monoisotopic (exact) mass is 214 g/mol. The smallest absolute Gasteiger partial charge is 0.394 e. The quantitative estimate of drug-likeness (QED) is 0.559. The zero-order valence-corrected chi connectivity index (χ0v) is 8.52. The number of carboxylic acid groups (broad SMARTS) is 1. The van der Waals surface area contributed by atoms with Crippen molar-refractivity contribution in [3.05, 3.63) is 0 Å². The van der Waals surface area contributed by atoms with E-state index >= 15 is 0 Å². The molecule has 0 bridgehead atoms. The number of nitrogens with one attached hydrogen (secondary N) is 1. The number of aliphatic carboxylic acids is 1. The van der Waals surface area contributed by atoms with Crippen molar-refractivity contribution in [3.8, 4) is 0 Å². The molecule has 2 amide bonds. The summed E-state index contributed by atoms with van der Waals surface area (Å²) in [4.78, 5) is 34.3. The number of hydrogen-bond donors (Lipinski definition) is 2. The topological polar surface area (TPSA) is 86.7 Å². The number of carbonyl (C=O) groups excluding carboxylic acids is 2. The van der Waals surface area contributed by atoms with Crippen LogP contribution >= 0.6 is 0 Å². The van der Waals surface area contributed by atoms with Gasteiger partial charge in [-0.05, 0) is 19.3 Å². The van der Waals surface area contributed by atoms with Gasteiger partial charge in [-0.3, -0.25) is 9.59 Å². The van der Waals surface area contributed by atoms with E-state index < -0.39 is 17.9 Å². The number of carbonyl (C=O) groups is 3. The standard InChI is InChI=1S/C9H14N2O4/c1-10-7(12)6-4-2-3-5-11(6)8(13)9(14)15/h6H,2-5H2,1H3,(H,10,12)(H,14,15). The maximum absolute atomic E-state index is 11.4. The minimum atomic E-state index is -1.51. The fraction of sp³-hybridized carbons (Fsp3) is 0.667. The molecule has 0 aliphatic carbocycles. The van der Waals surface area contributed by atoms with Crippen LogP contribution in [-0.2, 0) is 14.4 Å². The minimum absolute atomic E-state index is 0.302. The molecule has 1 saturated heterocycles. The van der Waals surface area contributed by atoms with Crippen LogP contribution in [0.15, 0.2) is 0 Å². The Kier molecular flexibility index (Phi) is 3.65. The Morgan fingerprint density at radius 3 is 2.53 bits per heavy atom. The van der Waals surface area contributed by atoms with E-state index in [2.05, 4.69) is 5.32 Å². The number of hydrogen-bond acceptors (Lipinski definition) is 3. The first-order valence-corrected chi connectivity index (χ1v) is 4.83. The summed E-state index contributed by atoms with van der Waals surface area (Å²) in [5.41, 5.74) is 0. The van der Waals surface area contributed by atoms with Crippen LogP contribution in [0.3, 0.4) is 0 Å². The Labute approximate surface area is 87.2 Å². The van der Waals surface area contributed by atoms with Gasteiger partial charge >= 0.3 is 11.9 Å². The average Bonchev–Trinajstić information content (AvgIpc) is 2.27. The van der Waals surface area contributed by atoms with Crippen molar-refractivity contribution in [1.29, 1.82) is 0 Å². The summed E-state index contributed by atoms with van der Waals surface area (Å²) in [6, 6.07) is -0.632. The number of likely N-dealkylation sites (N-methyl/N-ethyl adjacent to an activating group) is 1. The molecule has 84 valence electrons. The molecular formula is C9H14N2O4. The molecule has 1 atom stereocenters. The average molecular weight is 214 g/mol. The zero-order valence-electron chi connectivity index (χ0n) is 8.52. The molecule has 1 aliphatic heterocycles. The van der Waals surface area contributed by atoms with Crippen LogP contribution in [0.2, 0.25) is 0 Å². The summed E-state index contributed by atoms with van der Waals surface area (Å²) >= 11 is 0. The van der Waals surface area contributed by atoms with Gasteiger partial charge < -0.3 is 15.3 Å². The lowest BCUT2D eigenvalue weighted by molar-refractivity contribution is -0.159. The summed E-state index contributed by atoms with van der Waals surface area (Å²) in [5.74, 6) is -2.81. The second kappa shape index (κ2) is 4.77. The van der Waals surface area contributed by atoms with Gasteiger partial charge in [0.25, 0.3) is 0 Å². The van der Waals surface area contributed by atoms with Crippen molar-refractivity contribution in [3.63, 3.8) is 0 Å². The highest BCUT2D eigenvalue weighted by atomic mass is 16.4. The maximum Gasteiger partial charge on any atom is 0.394 e. The minimum Gasteiger partial charge on any atom is -0.474 e. The van der Waals surface area contributed by atoms with Crippen LogP contribution in [0.1, 0.15) is 19.3 Å². The van der Waals surface area contributed by atoms with Crippen LogP contribution in [0.4, 0.5) is 0 Å². The van der Waals surface area contributed by atoms with Gasteiger partial charge in [-0.25, -0.2) is 4.79 Å². The number of nitrogens with zero attached hydrogens (tertiary/aromatic N) is 1. The Bertz CT molecular complexity index is 290. The molecule has 1 aliphatic rings. The van der Waals surface area contributed by atoms with E-state index in [-0.39, 0.29) is 5.91 Å². The lowest BCUT2D eigenvalue weighted by Crippen LogP contribution is -2.53. The highest BCUT2D eigenvalue weighted by molar-refractivity contribution is 6.31. The van der Waals surface area contributed by atoms with Crippen molar-refractivity contribution in [2.24, 2.45) is 0 Å². The number of carboxylic acids is 1. The van der Waals surface area contributed by atoms with Crippen LogP contribution in [0.25, 0.3) is 0 Å². The highest BCUT2D eigenvalue weighted by Gasteiger charge is 2.34. The molecule has 0 radical (unpaired) electrons. The molecule has 1 rings (SSSR count). The van der Waals surface area contributed by atoms with E-state index in [1.807, 2.05) is 0 Å². The van der Waals surface area contributed by atoms with Gasteiger partial charge in [0, 0.05) is 13.6 Å². The maximum atomic E-state index is 11.4. The molecule has 6 heteroatoms. The van der Waals surface area contributed by atoms with Gasteiger partial charge in [-0.15, -0.1) is 0 Å². The largest absolute Gasteiger partial charge is 0.474 e. The van der Waals surface area contributed by atoms with Gasteiger partial charge in [0.2, 0.25) is 5.91 Å². The summed E-state index contributed by atoms with van der Waals surface area (Å²) in [6.07, 6.45) is 2.10. The lowest BCUT2D eigenvalue weighted by Gasteiger charge is -2.33. The SMILES string of the molecule is CNC(=O)C1CCCCN1C(=O)C(=O)O. The summed E-state index contributed by atoms with van der Waals surface area (Å²) in [7, 11) is 1.47.